The lowest BCUT2D eigenvalue weighted by Gasteiger charge is -2.16. The maximum Gasteiger partial charge on any atom is 0.223 e. The molecule has 0 bridgehead atoms. The Morgan fingerprint density at radius 3 is 2.45 bits per heavy atom. The zero-order chi connectivity index (χ0) is 14.2. The summed E-state index contributed by atoms with van der Waals surface area (Å²) >= 11 is 0. The van der Waals surface area contributed by atoms with Crippen LogP contribution in [-0.2, 0) is 4.79 Å². The zero-order valence-corrected chi connectivity index (χ0v) is 12.2. The van der Waals surface area contributed by atoms with Gasteiger partial charge < -0.3 is 11.1 Å². The first-order valence-corrected chi connectivity index (χ1v) is 7.85. The molecule has 3 heteroatoms. The third kappa shape index (κ3) is 4.64. The quantitative estimate of drug-likeness (QED) is 0.810. The molecule has 1 aliphatic rings. The number of carbonyl (C=O) groups excluding carboxylic acids is 1. The molecule has 0 saturated heterocycles. The third-order valence-electron chi connectivity index (χ3n) is 4.21. The van der Waals surface area contributed by atoms with Crippen molar-refractivity contribution < 1.29 is 4.79 Å². The predicted molar refractivity (Wildman–Crippen MR) is 82.2 cm³/mol. The van der Waals surface area contributed by atoms with Crippen LogP contribution >= 0.6 is 0 Å². The van der Waals surface area contributed by atoms with Crippen LogP contribution in [0.1, 0.15) is 56.6 Å². The van der Waals surface area contributed by atoms with Gasteiger partial charge in [-0.1, -0.05) is 56.0 Å². The number of nitrogens with one attached hydrogen (secondary N) is 1. The number of amides is 1. The van der Waals surface area contributed by atoms with Crippen LogP contribution in [0.5, 0.6) is 0 Å². The smallest absolute Gasteiger partial charge is 0.223 e. The topological polar surface area (TPSA) is 55.1 Å². The lowest BCUT2D eigenvalue weighted by molar-refractivity contribution is -0.125. The number of rotatable bonds is 5. The van der Waals surface area contributed by atoms with Crippen LogP contribution in [-0.4, -0.2) is 12.5 Å². The van der Waals surface area contributed by atoms with Crippen molar-refractivity contribution in [3.05, 3.63) is 35.9 Å². The third-order valence-corrected chi connectivity index (χ3v) is 4.21. The molecule has 1 fully saturated rings. The summed E-state index contributed by atoms with van der Waals surface area (Å²) in [6, 6.07) is 10.1. The van der Waals surface area contributed by atoms with E-state index < -0.39 is 0 Å². The normalized spacial score (nSPS) is 18.2. The fourth-order valence-corrected chi connectivity index (χ4v) is 2.90. The molecule has 3 N–H and O–H groups in total. The number of nitrogens with two attached hydrogens (primary N) is 1. The van der Waals surface area contributed by atoms with Gasteiger partial charge in [-0.05, 0) is 24.8 Å². The summed E-state index contributed by atoms with van der Waals surface area (Å²) in [5, 5.41) is 3.06. The molecule has 1 aromatic rings. The summed E-state index contributed by atoms with van der Waals surface area (Å²) in [6.07, 6.45) is 7.85. The Hall–Kier alpha value is -1.35. The lowest BCUT2D eigenvalue weighted by Crippen LogP contribution is -2.32. The van der Waals surface area contributed by atoms with E-state index in [2.05, 4.69) is 5.32 Å². The molecule has 0 aromatic heterocycles. The number of benzene rings is 1. The second-order valence-corrected chi connectivity index (χ2v) is 5.79. The van der Waals surface area contributed by atoms with Gasteiger partial charge in [0.25, 0.3) is 0 Å². The molecule has 0 heterocycles. The van der Waals surface area contributed by atoms with Crippen molar-refractivity contribution in [3.8, 4) is 0 Å². The second kappa shape index (κ2) is 8.05. The first-order valence-electron chi connectivity index (χ1n) is 7.85. The van der Waals surface area contributed by atoms with Crippen LogP contribution in [0.3, 0.4) is 0 Å². The lowest BCUT2D eigenvalue weighted by atomic mass is 9.99. The van der Waals surface area contributed by atoms with Crippen LogP contribution in [0, 0.1) is 5.92 Å². The fourth-order valence-electron chi connectivity index (χ4n) is 2.90. The van der Waals surface area contributed by atoms with Gasteiger partial charge in [-0.25, -0.2) is 0 Å². The minimum absolute atomic E-state index is 0.00522. The minimum Gasteiger partial charge on any atom is -0.356 e. The van der Waals surface area contributed by atoms with E-state index in [0.717, 1.165) is 24.8 Å². The first-order chi connectivity index (χ1) is 9.77. The molecular formula is C17H26N2O. The van der Waals surface area contributed by atoms with Gasteiger partial charge in [0.1, 0.15) is 0 Å². The maximum atomic E-state index is 12.1. The van der Waals surface area contributed by atoms with Crippen LogP contribution < -0.4 is 11.1 Å². The summed E-state index contributed by atoms with van der Waals surface area (Å²) in [7, 11) is 0. The van der Waals surface area contributed by atoms with Crippen LogP contribution in [0.25, 0.3) is 0 Å². The van der Waals surface area contributed by atoms with Crippen molar-refractivity contribution in [3.63, 3.8) is 0 Å². The van der Waals surface area contributed by atoms with E-state index in [1.807, 2.05) is 30.3 Å². The molecule has 0 radical (unpaired) electrons. The Kier molecular flexibility index (Phi) is 6.06. The van der Waals surface area contributed by atoms with Gasteiger partial charge in [-0.3, -0.25) is 4.79 Å². The molecule has 1 aliphatic carbocycles. The van der Waals surface area contributed by atoms with Gasteiger partial charge >= 0.3 is 0 Å². The minimum atomic E-state index is 0.00522. The highest BCUT2D eigenvalue weighted by molar-refractivity contribution is 5.78. The Bertz CT molecular complexity index is 397. The Morgan fingerprint density at radius 1 is 1.15 bits per heavy atom. The highest BCUT2D eigenvalue weighted by Gasteiger charge is 2.19. The molecule has 1 saturated carbocycles. The van der Waals surface area contributed by atoms with Gasteiger partial charge in [0, 0.05) is 18.5 Å². The van der Waals surface area contributed by atoms with E-state index in [0.29, 0.717) is 6.54 Å². The van der Waals surface area contributed by atoms with Crippen LogP contribution in [0.4, 0.5) is 0 Å². The van der Waals surface area contributed by atoms with Crippen molar-refractivity contribution in [2.45, 2.75) is 51.0 Å². The van der Waals surface area contributed by atoms with E-state index >= 15 is 0 Å². The van der Waals surface area contributed by atoms with Gasteiger partial charge in [0.15, 0.2) is 0 Å². The molecule has 20 heavy (non-hydrogen) atoms. The highest BCUT2D eigenvalue weighted by Crippen LogP contribution is 2.23. The summed E-state index contributed by atoms with van der Waals surface area (Å²) < 4.78 is 0. The Morgan fingerprint density at radius 2 is 1.80 bits per heavy atom. The summed E-state index contributed by atoms with van der Waals surface area (Å²) in [4.78, 5) is 12.1. The Balaban J connectivity index is 1.71. The van der Waals surface area contributed by atoms with Crippen LogP contribution in [0.15, 0.2) is 30.3 Å². The van der Waals surface area contributed by atoms with Crippen molar-refractivity contribution in [2.75, 3.05) is 6.54 Å². The molecule has 1 unspecified atom stereocenters. The number of hydrogen-bond acceptors (Lipinski definition) is 2. The van der Waals surface area contributed by atoms with Crippen LogP contribution in [0.2, 0.25) is 0 Å². The average Bonchev–Trinajstić information content (AvgIpc) is 2.77. The van der Waals surface area contributed by atoms with E-state index in [1.54, 1.807) is 0 Å². The zero-order valence-electron chi connectivity index (χ0n) is 12.2. The van der Waals surface area contributed by atoms with E-state index in [1.165, 1.54) is 25.7 Å². The maximum absolute atomic E-state index is 12.1. The number of carbonyl (C=O) groups is 1. The molecule has 110 valence electrons. The fraction of sp³-hybridized carbons (Fsp3) is 0.588. The van der Waals surface area contributed by atoms with Crippen molar-refractivity contribution in [1.29, 1.82) is 0 Å². The number of hydrogen-bond donors (Lipinski definition) is 2. The molecule has 1 aromatic carbocycles. The molecule has 1 amide bonds. The Labute approximate surface area is 121 Å². The molecule has 0 spiro atoms. The van der Waals surface area contributed by atoms with E-state index in [-0.39, 0.29) is 17.9 Å². The SMILES string of the molecule is NC(CCNC(=O)C1CCCCCC1)c1ccccc1. The van der Waals surface area contributed by atoms with Crippen molar-refractivity contribution in [1.82, 2.24) is 5.32 Å². The monoisotopic (exact) mass is 274 g/mol. The summed E-state index contributed by atoms with van der Waals surface area (Å²) in [5.41, 5.74) is 7.27. The van der Waals surface area contributed by atoms with Gasteiger partial charge in [0.05, 0.1) is 0 Å². The predicted octanol–water partition coefficient (Wildman–Crippen LogP) is 3.16. The molecule has 1 atom stereocenters. The van der Waals surface area contributed by atoms with E-state index in [9.17, 15) is 4.79 Å². The van der Waals surface area contributed by atoms with Gasteiger partial charge in [-0.2, -0.15) is 0 Å². The molecular weight excluding hydrogens is 248 g/mol. The highest BCUT2D eigenvalue weighted by atomic mass is 16.1. The summed E-state index contributed by atoms with van der Waals surface area (Å²) in [5.74, 6) is 0.456. The van der Waals surface area contributed by atoms with E-state index in [4.69, 9.17) is 5.73 Å². The molecule has 3 nitrogen and oxygen atoms in total. The second-order valence-electron chi connectivity index (χ2n) is 5.79. The largest absolute Gasteiger partial charge is 0.356 e. The standard InChI is InChI=1S/C17H26N2O/c18-16(14-8-6-3-7-9-14)12-13-19-17(20)15-10-4-1-2-5-11-15/h3,6-9,15-16H,1-2,4-5,10-13,18H2,(H,19,20). The molecule has 0 aliphatic heterocycles. The van der Waals surface area contributed by atoms with Gasteiger partial charge in [0.2, 0.25) is 5.91 Å². The summed E-state index contributed by atoms with van der Waals surface area (Å²) in [6.45, 7) is 0.672. The van der Waals surface area contributed by atoms with Crippen molar-refractivity contribution in [2.24, 2.45) is 11.7 Å². The first kappa shape index (κ1) is 15.0. The van der Waals surface area contributed by atoms with Gasteiger partial charge in [-0.15, -0.1) is 0 Å². The average molecular weight is 274 g/mol. The van der Waals surface area contributed by atoms with Crippen molar-refractivity contribution >= 4 is 5.91 Å². The molecule has 2 rings (SSSR count).